The Labute approximate surface area is 96.5 Å². The van der Waals surface area contributed by atoms with Crippen LogP contribution >= 0.6 is 11.3 Å². The maximum atomic E-state index is 11.6. The molecule has 0 bridgehead atoms. The van der Waals surface area contributed by atoms with Gasteiger partial charge in [0.25, 0.3) is 5.91 Å². The number of nitrogens with two attached hydrogens (primary N) is 1. The van der Waals surface area contributed by atoms with Crippen LogP contribution in [0.5, 0.6) is 0 Å². The van der Waals surface area contributed by atoms with Crippen LogP contribution in [0.25, 0.3) is 0 Å². The maximum absolute atomic E-state index is 11.6. The second-order valence-corrected chi connectivity index (χ2v) is 4.25. The summed E-state index contributed by atoms with van der Waals surface area (Å²) in [7, 11) is 0. The van der Waals surface area contributed by atoms with E-state index in [1.807, 2.05) is 0 Å². The van der Waals surface area contributed by atoms with E-state index < -0.39 is 12.0 Å². The first-order chi connectivity index (χ1) is 7.52. The lowest BCUT2D eigenvalue weighted by Gasteiger charge is -2.09. The molecule has 1 aromatic rings. The molecule has 88 valence electrons. The van der Waals surface area contributed by atoms with Crippen molar-refractivity contribution in [2.45, 2.75) is 25.9 Å². The molecule has 0 radical (unpaired) electrons. The molecule has 0 aliphatic carbocycles. The van der Waals surface area contributed by atoms with Crippen LogP contribution in [0, 0.1) is 0 Å². The number of aliphatic carboxylic acids is 1. The number of nitrogens with zero attached hydrogens (tertiary/aromatic N) is 1. The number of carboxylic acids is 1. The number of hydrogen-bond acceptors (Lipinski definition) is 5. The van der Waals surface area contributed by atoms with E-state index in [-0.39, 0.29) is 18.0 Å². The van der Waals surface area contributed by atoms with Crippen molar-refractivity contribution in [3.8, 4) is 0 Å². The first-order valence-corrected chi connectivity index (χ1v) is 5.58. The van der Waals surface area contributed by atoms with Crippen LogP contribution in [0.3, 0.4) is 0 Å². The van der Waals surface area contributed by atoms with E-state index in [1.165, 1.54) is 11.3 Å². The maximum Gasteiger partial charge on any atom is 0.305 e. The van der Waals surface area contributed by atoms with Gasteiger partial charge in [-0.2, -0.15) is 0 Å². The van der Waals surface area contributed by atoms with Crippen molar-refractivity contribution in [3.05, 3.63) is 16.1 Å². The quantitative estimate of drug-likeness (QED) is 0.684. The summed E-state index contributed by atoms with van der Waals surface area (Å²) in [6, 6.07) is -0.423. The lowest BCUT2D eigenvalue weighted by Crippen LogP contribution is -2.34. The van der Waals surface area contributed by atoms with Gasteiger partial charge < -0.3 is 16.2 Å². The number of amides is 1. The Hall–Kier alpha value is -1.47. The Morgan fingerprint density at radius 3 is 2.88 bits per heavy atom. The zero-order chi connectivity index (χ0) is 12.1. The van der Waals surface area contributed by atoms with Gasteiger partial charge in [-0.3, -0.25) is 9.59 Å². The minimum absolute atomic E-state index is 0.111. The number of hydrogen-bond donors (Lipinski definition) is 3. The van der Waals surface area contributed by atoms with E-state index in [4.69, 9.17) is 10.8 Å². The van der Waals surface area contributed by atoms with Gasteiger partial charge >= 0.3 is 5.97 Å². The van der Waals surface area contributed by atoms with Crippen LogP contribution in [0.2, 0.25) is 0 Å². The summed E-state index contributed by atoms with van der Waals surface area (Å²) in [5, 5.41) is 13.4. The summed E-state index contributed by atoms with van der Waals surface area (Å²) in [6.45, 7) is 1.92. The van der Waals surface area contributed by atoms with Gasteiger partial charge in [-0.25, -0.2) is 4.98 Å². The number of carbonyl (C=O) groups is 2. The molecule has 0 aliphatic heterocycles. The van der Waals surface area contributed by atoms with E-state index >= 15 is 0 Å². The summed E-state index contributed by atoms with van der Waals surface area (Å²) >= 11 is 1.31. The highest BCUT2D eigenvalue weighted by Gasteiger charge is 2.14. The van der Waals surface area contributed by atoms with Gasteiger partial charge in [0.05, 0.1) is 6.42 Å². The van der Waals surface area contributed by atoms with Gasteiger partial charge in [-0.05, 0) is 6.92 Å². The predicted molar refractivity (Wildman–Crippen MR) is 59.2 cm³/mol. The number of carboxylic acid groups (broad SMARTS) is 1. The normalized spacial score (nSPS) is 12.1. The Morgan fingerprint density at radius 1 is 1.69 bits per heavy atom. The van der Waals surface area contributed by atoms with Crippen LogP contribution in [0.15, 0.2) is 5.38 Å². The highest BCUT2D eigenvalue weighted by atomic mass is 32.1. The largest absolute Gasteiger partial charge is 0.481 e. The van der Waals surface area contributed by atoms with Crippen LogP contribution < -0.4 is 11.1 Å². The smallest absolute Gasteiger partial charge is 0.305 e. The number of rotatable bonds is 5. The molecule has 1 heterocycles. The number of thiazole rings is 1. The van der Waals surface area contributed by atoms with E-state index in [1.54, 1.807) is 12.3 Å². The summed E-state index contributed by atoms with van der Waals surface area (Å²) in [4.78, 5) is 26.0. The van der Waals surface area contributed by atoms with Gasteiger partial charge in [0, 0.05) is 18.0 Å². The second-order valence-electron chi connectivity index (χ2n) is 3.30. The molecule has 1 aromatic heterocycles. The molecule has 7 heteroatoms. The summed E-state index contributed by atoms with van der Waals surface area (Å²) in [5.74, 6) is -1.32. The van der Waals surface area contributed by atoms with Crippen LogP contribution in [-0.4, -0.2) is 28.0 Å². The monoisotopic (exact) mass is 243 g/mol. The molecule has 1 amide bonds. The minimum Gasteiger partial charge on any atom is -0.481 e. The zero-order valence-corrected chi connectivity index (χ0v) is 9.58. The highest BCUT2D eigenvalue weighted by molar-refractivity contribution is 7.09. The molecule has 0 saturated carbocycles. The Kier molecular flexibility index (Phi) is 4.39. The average molecular weight is 243 g/mol. The molecular weight excluding hydrogens is 230 g/mol. The molecule has 16 heavy (non-hydrogen) atoms. The van der Waals surface area contributed by atoms with E-state index in [0.29, 0.717) is 11.6 Å². The zero-order valence-electron chi connectivity index (χ0n) is 8.77. The van der Waals surface area contributed by atoms with Crippen molar-refractivity contribution in [2.24, 2.45) is 5.73 Å². The van der Waals surface area contributed by atoms with Gasteiger partial charge in [-0.15, -0.1) is 11.3 Å². The number of aromatic nitrogens is 1. The van der Waals surface area contributed by atoms with E-state index in [2.05, 4.69) is 10.3 Å². The Bertz CT molecular complexity index is 391. The van der Waals surface area contributed by atoms with Gasteiger partial charge in [-0.1, -0.05) is 0 Å². The fraction of sp³-hybridized carbons (Fsp3) is 0.444. The minimum atomic E-state index is -0.950. The average Bonchev–Trinajstić information content (AvgIpc) is 2.64. The third kappa shape index (κ3) is 3.59. The molecule has 0 fully saturated rings. The van der Waals surface area contributed by atoms with Gasteiger partial charge in [0.2, 0.25) is 0 Å². The standard InChI is InChI=1S/C9H13N3O3S/c1-5(2-8(13)14)11-9(15)6-4-16-7(3-10)12-6/h4-5H,2-3,10H2,1H3,(H,11,15)(H,13,14). The first kappa shape index (κ1) is 12.6. The van der Waals surface area contributed by atoms with Crippen molar-refractivity contribution < 1.29 is 14.7 Å². The van der Waals surface area contributed by atoms with Gasteiger partial charge in [0.15, 0.2) is 0 Å². The van der Waals surface area contributed by atoms with Crippen molar-refractivity contribution in [3.63, 3.8) is 0 Å². The molecule has 6 nitrogen and oxygen atoms in total. The molecule has 1 rings (SSSR count). The van der Waals surface area contributed by atoms with Crippen LogP contribution in [0.1, 0.15) is 28.8 Å². The molecule has 4 N–H and O–H groups in total. The SMILES string of the molecule is CC(CC(=O)O)NC(=O)c1csc(CN)n1. The molecule has 1 atom stereocenters. The third-order valence-corrected chi connectivity index (χ3v) is 2.69. The summed E-state index contributed by atoms with van der Waals surface area (Å²) in [5.41, 5.74) is 5.65. The number of nitrogens with one attached hydrogen (secondary N) is 1. The van der Waals surface area contributed by atoms with Crippen molar-refractivity contribution in [1.29, 1.82) is 0 Å². The molecule has 1 unspecified atom stereocenters. The van der Waals surface area contributed by atoms with Crippen molar-refractivity contribution in [1.82, 2.24) is 10.3 Å². The fourth-order valence-corrected chi connectivity index (χ4v) is 1.77. The van der Waals surface area contributed by atoms with Crippen LogP contribution in [0.4, 0.5) is 0 Å². The lowest BCUT2D eigenvalue weighted by molar-refractivity contribution is -0.137. The molecule has 0 aromatic carbocycles. The van der Waals surface area contributed by atoms with Crippen molar-refractivity contribution in [2.75, 3.05) is 0 Å². The van der Waals surface area contributed by atoms with Crippen LogP contribution in [-0.2, 0) is 11.3 Å². The third-order valence-electron chi connectivity index (χ3n) is 1.82. The molecular formula is C9H13N3O3S. The molecule has 0 aliphatic rings. The highest BCUT2D eigenvalue weighted by Crippen LogP contribution is 2.08. The topological polar surface area (TPSA) is 105 Å². The Balaban J connectivity index is 2.54. The second kappa shape index (κ2) is 5.57. The van der Waals surface area contributed by atoms with Gasteiger partial charge in [0.1, 0.15) is 10.7 Å². The molecule has 0 spiro atoms. The van der Waals surface area contributed by atoms with E-state index in [9.17, 15) is 9.59 Å². The van der Waals surface area contributed by atoms with Crippen molar-refractivity contribution >= 4 is 23.2 Å². The summed E-state index contributed by atoms with van der Waals surface area (Å²) in [6.07, 6.45) is -0.111. The lowest BCUT2D eigenvalue weighted by atomic mass is 10.2. The predicted octanol–water partition coefficient (Wildman–Crippen LogP) is 0.195. The Morgan fingerprint density at radius 2 is 2.38 bits per heavy atom. The fourth-order valence-electron chi connectivity index (χ4n) is 1.12. The van der Waals surface area contributed by atoms with E-state index in [0.717, 1.165) is 0 Å². The summed E-state index contributed by atoms with van der Waals surface area (Å²) < 4.78 is 0. The first-order valence-electron chi connectivity index (χ1n) is 4.70. The molecule has 0 saturated heterocycles. The number of carbonyl (C=O) groups excluding carboxylic acids is 1.